The van der Waals surface area contributed by atoms with Gasteiger partial charge in [0.05, 0.1) is 17.5 Å². The molecule has 4 atom stereocenters. The number of carbonyl (C=O) groups is 4. The summed E-state index contributed by atoms with van der Waals surface area (Å²) in [6, 6.07) is 21.4. The Balaban J connectivity index is 1.33. The van der Waals surface area contributed by atoms with E-state index in [1.807, 2.05) is 54.7 Å². The SMILES string of the molecule is CC(=O)Nc1ccc(N2C(=O)[C@H]3[C@@H](C2=O)[C@]2(N[C@@H]3Cc3c[nH]c4ccccc34)C(=O)Nc3ccccc32)cc1. The number of hydrogen-bond acceptors (Lipinski definition) is 5. The molecular formula is C30H25N5O4. The average molecular weight is 520 g/mol. The molecule has 0 bridgehead atoms. The second-order valence-electron chi connectivity index (χ2n) is 10.4. The van der Waals surface area contributed by atoms with Crippen molar-refractivity contribution in [2.75, 3.05) is 15.5 Å². The molecule has 2 saturated heterocycles. The second kappa shape index (κ2) is 8.37. The summed E-state index contributed by atoms with van der Waals surface area (Å²) in [4.78, 5) is 57.8. The summed E-state index contributed by atoms with van der Waals surface area (Å²) in [6.45, 7) is 1.41. The molecule has 0 unspecified atom stereocenters. The van der Waals surface area contributed by atoms with Crippen LogP contribution in [0.1, 0.15) is 18.1 Å². The predicted octanol–water partition coefficient (Wildman–Crippen LogP) is 3.29. The third-order valence-corrected chi connectivity index (χ3v) is 8.18. The number of carbonyl (C=O) groups excluding carboxylic acids is 4. The van der Waals surface area contributed by atoms with Gasteiger partial charge in [0.2, 0.25) is 23.6 Å². The Morgan fingerprint density at radius 3 is 2.49 bits per heavy atom. The third-order valence-electron chi connectivity index (χ3n) is 8.18. The molecule has 4 N–H and O–H groups in total. The van der Waals surface area contributed by atoms with E-state index in [9.17, 15) is 19.2 Å². The maximum absolute atomic E-state index is 14.1. The Hall–Kier alpha value is -4.76. The van der Waals surface area contributed by atoms with E-state index in [1.54, 1.807) is 24.3 Å². The Morgan fingerprint density at radius 2 is 1.69 bits per heavy atom. The van der Waals surface area contributed by atoms with Crippen LogP contribution in [0.5, 0.6) is 0 Å². The number of anilines is 3. The number of nitrogens with one attached hydrogen (secondary N) is 4. The molecule has 9 heteroatoms. The summed E-state index contributed by atoms with van der Waals surface area (Å²) < 4.78 is 0. The van der Waals surface area contributed by atoms with Crippen molar-refractivity contribution in [1.29, 1.82) is 0 Å². The molecule has 3 aliphatic rings. The molecule has 1 aromatic heterocycles. The zero-order chi connectivity index (χ0) is 26.9. The Bertz CT molecular complexity index is 1690. The standard InChI is InChI=1S/C30H25N5O4/c1-16(36)32-18-10-12-19(13-11-18)35-27(37)25-24(14-17-15-31-22-8-4-2-6-20(17)22)34-30(26(25)28(35)38)21-7-3-5-9-23(21)33-29(30)39/h2-13,15,24-26,31,34H,14H2,1H3,(H,32,36)(H,33,39)/t24-,25-,26+,30+/m1/s1. The van der Waals surface area contributed by atoms with Crippen LogP contribution < -0.4 is 20.9 Å². The number of aromatic nitrogens is 1. The highest BCUT2D eigenvalue weighted by molar-refractivity contribution is 6.26. The monoisotopic (exact) mass is 519 g/mol. The van der Waals surface area contributed by atoms with Gasteiger partial charge in [0, 0.05) is 47.0 Å². The van der Waals surface area contributed by atoms with E-state index in [4.69, 9.17) is 0 Å². The first-order valence-corrected chi connectivity index (χ1v) is 12.9. The molecule has 4 amide bonds. The van der Waals surface area contributed by atoms with E-state index >= 15 is 0 Å². The lowest BCUT2D eigenvalue weighted by Gasteiger charge is -2.29. The number of H-pyrrole nitrogens is 1. The molecule has 194 valence electrons. The average Bonchev–Trinajstić information content (AvgIpc) is 3.63. The van der Waals surface area contributed by atoms with E-state index in [-0.39, 0.29) is 17.7 Å². The summed E-state index contributed by atoms with van der Waals surface area (Å²) >= 11 is 0. The smallest absolute Gasteiger partial charge is 0.250 e. The number of rotatable bonds is 4. The molecule has 3 aliphatic heterocycles. The normalized spacial score (nSPS) is 25.3. The van der Waals surface area contributed by atoms with Crippen LogP contribution in [0, 0.1) is 11.8 Å². The summed E-state index contributed by atoms with van der Waals surface area (Å²) in [5.74, 6) is -2.98. The fraction of sp³-hybridized carbons (Fsp3) is 0.200. The summed E-state index contributed by atoms with van der Waals surface area (Å²) in [5.41, 5.74) is 2.90. The molecule has 0 saturated carbocycles. The van der Waals surface area contributed by atoms with Crippen molar-refractivity contribution in [1.82, 2.24) is 10.3 Å². The molecule has 9 nitrogen and oxygen atoms in total. The first-order valence-electron chi connectivity index (χ1n) is 12.9. The van der Waals surface area contributed by atoms with Crippen LogP contribution in [-0.4, -0.2) is 34.7 Å². The van der Waals surface area contributed by atoms with Gasteiger partial charge in [0.1, 0.15) is 5.54 Å². The minimum absolute atomic E-state index is 0.218. The fourth-order valence-corrected chi connectivity index (χ4v) is 6.62. The van der Waals surface area contributed by atoms with E-state index in [0.717, 1.165) is 16.5 Å². The first kappa shape index (κ1) is 23.4. The number of fused-ring (bicyclic) bond motifs is 5. The molecule has 1 spiro atoms. The Morgan fingerprint density at radius 1 is 0.949 bits per heavy atom. The minimum Gasteiger partial charge on any atom is -0.361 e. The summed E-state index contributed by atoms with van der Waals surface area (Å²) in [5, 5.41) is 10.2. The van der Waals surface area contributed by atoms with Gasteiger partial charge in [-0.25, -0.2) is 4.90 Å². The van der Waals surface area contributed by atoms with Crippen molar-refractivity contribution in [3.05, 3.63) is 90.1 Å². The number of imide groups is 1. The summed E-state index contributed by atoms with van der Waals surface area (Å²) in [7, 11) is 0. The van der Waals surface area contributed by atoms with Crippen molar-refractivity contribution < 1.29 is 19.2 Å². The maximum Gasteiger partial charge on any atom is 0.250 e. The topological polar surface area (TPSA) is 123 Å². The molecule has 2 fully saturated rings. The predicted molar refractivity (Wildman–Crippen MR) is 146 cm³/mol. The molecule has 4 aromatic rings. The van der Waals surface area contributed by atoms with Crippen LogP contribution >= 0.6 is 0 Å². The maximum atomic E-state index is 14.1. The van der Waals surface area contributed by atoms with Gasteiger partial charge in [-0.2, -0.15) is 0 Å². The lowest BCUT2D eigenvalue weighted by Crippen LogP contribution is -2.53. The van der Waals surface area contributed by atoms with Crippen molar-refractivity contribution in [3.63, 3.8) is 0 Å². The minimum atomic E-state index is -1.37. The van der Waals surface area contributed by atoms with E-state index in [2.05, 4.69) is 20.9 Å². The largest absolute Gasteiger partial charge is 0.361 e. The summed E-state index contributed by atoms with van der Waals surface area (Å²) in [6.07, 6.45) is 2.38. The molecule has 0 radical (unpaired) electrons. The zero-order valence-electron chi connectivity index (χ0n) is 21.0. The zero-order valence-corrected chi connectivity index (χ0v) is 21.0. The fourth-order valence-electron chi connectivity index (χ4n) is 6.62. The number of nitrogens with zero attached hydrogens (tertiary/aromatic N) is 1. The van der Waals surface area contributed by atoms with Crippen LogP contribution in [0.25, 0.3) is 10.9 Å². The molecule has 3 aromatic carbocycles. The number of para-hydroxylation sites is 2. The van der Waals surface area contributed by atoms with E-state index < -0.39 is 29.3 Å². The molecule has 7 rings (SSSR count). The van der Waals surface area contributed by atoms with Gasteiger partial charge in [-0.1, -0.05) is 36.4 Å². The van der Waals surface area contributed by atoms with Gasteiger partial charge in [0.25, 0.3) is 0 Å². The van der Waals surface area contributed by atoms with E-state index in [1.165, 1.54) is 11.8 Å². The third kappa shape index (κ3) is 3.29. The first-order chi connectivity index (χ1) is 18.9. The molecule has 0 aliphatic carbocycles. The highest BCUT2D eigenvalue weighted by Gasteiger charge is 2.70. The van der Waals surface area contributed by atoms with Crippen molar-refractivity contribution in [3.8, 4) is 0 Å². The van der Waals surface area contributed by atoms with Gasteiger partial charge in [0.15, 0.2) is 0 Å². The Kier molecular flexibility index (Phi) is 5.02. The molecule has 4 heterocycles. The molecule has 39 heavy (non-hydrogen) atoms. The Labute approximate surface area is 223 Å². The highest BCUT2D eigenvalue weighted by atomic mass is 16.2. The lowest BCUT2D eigenvalue weighted by molar-refractivity contribution is -0.130. The van der Waals surface area contributed by atoms with Gasteiger partial charge >= 0.3 is 0 Å². The highest BCUT2D eigenvalue weighted by Crippen LogP contribution is 2.54. The van der Waals surface area contributed by atoms with Crippen LogP contribution in [0.2, 0.25) is 0 Å². The van der Waals surface area contributed by atoms with Crippen molar-refractivity contribution in [2.24, 2.45) is 11.8 Å². The van der Waals surface area contributed by atoms with Gasteiger partial charge in [-0.3, -0.25) is 24.5 Å². The van der Waals surface area contributed by atoms with Crippen molar-refractivity contribution >= 4 is 51.6 Å². The van der Waals surface area contributed by atoms with Crippen LogP contribution in [0.4, 0.5) is 17.1 Å². The number of aromatic amines is 1. The van der Waals surface area contributed by atoms with Crippen LogP contribution in [0.15, 0.2) is 79.0 Å². The second-order valence-corrected chi connectivity index (χ2v) is 10.4. The van der Waals surface area contributed by atoms with Gasteiger partial charge < -0.3 is 15.6 Å². The molecular weight excluding hydrogens is 494 g/mol. The lowest BCUT2D eigenvalue weighted by atomic mass is 9.76. The number of benzene rings is 3. The number of hydrogen-bond donors (Lipinski definition) is 4. The van der Waals surface area contributed by atoms with Gasteiger partial charge in [-0.05, 0) is 48.4 Å². The quantitative estimate of drug-likeness (QED) is 0.308. The van der Waals surface area contributed by atoms with Gasteiger partial charge in [-0.15, -0.1) is 0 Å². The van der Waals surface area contributed by atoms with Crippen LogP contribution in [0.3, 0.4) is 0 Å². The number of amides is 4. The van der Waals surface area contributed by atoms with Crippen molar-refractivity contribution in [2.45, 2.75) is 24.9 Å². The van der Waals surface area contributed by atoms with E-state index in [0.29, 0.717) is 29.0 Å². The van der Waals surface area contributed by atoms with Crippen LogP contribution in [-0.2, 0) is 31.1 Å².